The molecule has 0 rings (SSSR count). The van der Waals surface area contributed by atoms with E-state index in [1.807, 2.05) is 6.92 Å². The number of carbonyl (C=O) groups excluding carboxylic acids is 2. The number of nitrogens with two attached hydrogens (primary N) is 2. The van der Waals surface area contributed by atoms with E-state index < -0.39 is 24.0 Å². The van der Waals surface area contributed by atoms with Crippen molar-refractivity contribution in [2.75, 3.05) is 11.5 Å². The molecule has 0 heterocycles. The molecule has 15 heavy (non-hydrogen) atoms. The average Bonchev–Trinajstić information content (AvgIpc) is 2.17. The van der Waals surface area contributed by atoms with E-state index in [-0.39, 0.29) is 0 Å². The predicted octanol–water partition coefficient (Wildman–Crippen LogP) is 0.132. The Bertz CT molecular complexity index is 224. The van der Waals surface area contributed by atoms with E-state index in [1.165, 1.54) is 17.7 Å². The van der Waals surface area contributed by atoms with Crippen LogP contribution in [0, 0.1) is 0 Å². The van der Waals surface area contributed by atoms with Gasteiger partial charge in [-0.2, -0.15) is 0 Å². The molecule has 0 spiro atoms. The summed E-state index contributed by atoms with van der Waals surface area (Å²) in [4.78, 5) is 22.2. The van der Waals surface area contributed by atoms with Crippen molar-refractivity contribution in [2.24, 2.45) is 11.5 Å². The summed E-state index contributed by atoms with van der Waals surface area (Å²) in [6.07, 6.45) is 0. The summed E-state index contributed by atoms with van der Waals surface area (Å²) in [5.41, 5.74) is 10.7. The van der Waals surface area contributed by atoms with Crippen LogP contribution < -0.4 is 11.5 Å². The largest absolute Gasteiger partial charge is 0.391 e. The number of hydrogen-bond donors (Lipinski definition) is 2. The number of rotatable bonds is 6. The van der Waals surface area contributed by atoms with Crippen LogP contribution in [0.25, 0.3) is 0 Å². The topological polar surface area (TPSA) is 95.4 Å². The zero-order valence-electron chi connectivity index (χ0n) is 8.76. The summed E-state index contributed by atoms with van der Waals surface area (Å²) in [6, 6.07) is -1.59. The van der Waals surface area contributed by atoms with Gasteiger partial charge in [0.25, 0.3) is 0 Å². The van der Waals surface area contributed by atoms with Crippen LogP contribution in [0.2, 0.25) is 0 Å². The maximum absolute atomic E-state index is 11.2. The molecule has 4 N–H and O–H groups in total. The molecule has 0 saturated carbocycles. The molecule has 0 aliphatic rings. The van der Waals surface area contributed by atoms with Gasteiger partial charge in [0.05, 0.1) is 0 Å². The number of carbonyl (C=O) groups is 2. The Labute approximate surface area is 97.1 Å². The minimum atomic E-state index is -0.807. The van der Waals surface area contributed by atoms with E-state index in [0.717, 1.165) is 5.75 Å². The standard InChI is InChI=1S/C8H16N2O3S2/c1-3-14-15-4-6(10)8(12)13-7(11)5(2)9/h5-6H,3-4,9-10H2,1-2H3/t5-,6-/m0/s1. The predicted molar refractivity (Wildman–Crippen MR) is 63.3 cm³/mol. The highest BCUT2D eigenvalue weighted by atomic mass is 33.1. The summed E-state index contributed by atoms with van der Waals surface area (Å²) in [7, 11) is 3.07. The van der Waals surface area contributed by atoms with Crippen LogP contribution in [-0.4, -0.2) is 35.5 Å². The second kappa shape index (κ2) is 7.98. The molecule has 0 amide bonds. The van der Waals surface area contributed by atoms with Gasteiger partial charge in [-0.1, -0.05) is 28.5 Å². The molecule has 0 fully saturated rings. The molecule has 0 unspecified atom stereocenters. The fourth-order valence-corrected chi connectivity index (χ4v) is 2.31. The molecule has 0 radical (unpaired) electrons. The molecule has 2 atom stereocenters. The summed E-state index contributed by atoms with van der Waals surface area (Å²) in [5.74, 6) is -0.112. The van der Waals surface area contributed by atoms with E-state index in [4.69, 9.17) is 11.5 Å². The van der Waals surface area contributed by atoms with Crippen molar-refractivity contribution in [3.8, 4) is 0 Å². The molecule has 0 aliphatic carbocycles. The second-order valence-electron chi connectivity index (χ2n) is 2.83. The first-order chi connectivity index (χ1) is 6.99. The first-order valence-corrected chi connectivity index (χ1v) is 6.99. The molecular formula is C8H16N2O3S2. The van der Waals surface area contributed by atoms with E-state index in [1.54, 1.807) is 10.8 Å². The second-order valence-corrected chi connectivity index (χ2v) is 5.62. The number of ether oxygens (including phenoxy) is 1. The molecular weight excluding hydrogens is 236 g/mol. The van der Waals surface area contributed by atoms with Crippen molar-refractivity contribution in [2.45, 2.75) is 25.9 Å². The van der Waals surface area contributed by atoms with E-state index in [2.05, 4.69) is 4.74 Å². The van der Waals surface area contributed by atoms with E-state index in [9.17, 15) is 9.59 Å². The fraction of sp³-hybridized carbons (Fsp3) is 0.750. The summed E-state index contributed by atoms with van der Waals surface area (Å²) in [6.45, 7) is 3.45. The van der Waals surface area contributed by atoms with E-state index >= 15 is 0 Å². The van der Waals surface area contributed by atoms with Crippen LogP contribution in [0.4, 0.5) is 0 Å². The first kappa shape index (κ1) is 14.8. The normalized spacial score (nSPS) is 14.4. The van der Waals surface area contributed by atoms with Crippen LogP contribution in [0.1, 0.15) is 13.8 Å². The van der Waals surface area contributed by atoms with Crippen molar-refractivity contribution in [3.05, 3.63) is 0 Å². The van der Waals surface area contributed by atoms with Crippen molar-refractivity contribution < 1.29 is 14.3 Å². The molecule has 0 bridgehead atoms. The molecule has 0 aromatic rings. The Morgan fingerprint density at radius 3 is 2.33 bits per heavy atom. The van der Waals surface area contributed by atoms with Gasteiger partial charge >= 0.3 is 11.9 Å². The van der Waals surface area contributed by atoms with Crippen molar-refractivity contribution >= 4 is 33.5 Å². The third-order valence-corrected chi connectivity index (χ3v) is 3.84. The van der Waals surface area contributed by atoms with Gasteiger partial charge in [-0.3, -0.25) is 0 Å². The van der Waals surface area contributed by atoms with Gasteiger partial charge in [0.1, 0.15) is 12.1 Å². The maximum atomic E-state index is 11.2. The lowest BCUT2D eigenvalue weighted by Crippen LogP contribution is -2.39. The fourth-order valence-electron chi connectivity index (χ4n) is 0.541. The van der Waals surface area contributed by atoms with Crippen molar-refractivity contribution in [3.63, 3.8) is 0 Å². The quantitative estimate of drug-likeness (QED) is 0.300. The summed E-state index contributed by atoms with van der Waals surface area (Å²) in [5, 5.41) is 0. The minimum Gasteiger partial charge on any atom is -0.391 e. The lowest BCUT2D eigenvalue weighted by atomic mass is 10.3. The van der Waals surface area contributed by atoms with E-state index in [0.29, 0.717) is 5.75 Å². The zero-order valence-corrected chi connectivity index (χ0v) is 10.4. The van der Waals surface area contributed by atoms with Gasteiger partial charge in [-0.05, 0) is 6.92 Å². The molecule has 0 aliphatic heterocycles. The van der Waals surface area contributed by atoms with Gasteiger partial charge in [0.2, 0.25) is 0 Å². The SMILES string of the molecule is CCSSC[C@H](N)C(=O)OC(=O)[C@H](C)N. The monoisotopic (exact) mass is 252 g/mol. The van der Waals surface area contributed by atoms with Gasteiger partial charge in [-0.15, -0.1) is 0 Å². The molecule has 0 aromatic carbocycles. The maximum Gasteiger partial charge on any atom is 0.331 e. The number of hydrogen-bond acceptors (Lipinski definition) is 7. The third kappa shape index (κ3) is 6.77. The summed E-state index contributed by atoms with van der Waals surface area (Å²) < 4.78 is 4.45. The van der Waals surface area contributed by atoms with Crippen LogP contribution in [0.15, 0.2) is 0 Å². The van der Waals surface area contributed by atoms with Crippen LogP contribution >= 0.6 is 21.6 Å². The zero-order chi connectivity index (χ0) is 11.8. The smallest absolute Gasteiger partial charge is 0.331 e. The average molecular weight is 252 g/mol. The molecule has 5 nitrogen and oxygen atoms in total. The first-order valence-electron chi connectivity index (χ1n) is 4.50. The Morgan fingerprint density at radius 2 is 1.87 bits per heavy atom. The van der Waals surface area contributed by atoms with Crippen LogP contribution in [0.5, 0.6) is 0 Å². The Balaban J connectivity index is 3.83. The molecule has 0 aromatic heterocycles. The van der Waals surface area contributed by atoms with Crippen molar-refractivity contribution in [1.29, 1.82) is 0 Å². The third-order valence-electron chi connectivity index (χ3n) is 1.32. The van der Waals surface area contributed by atoms with Gasteiger partial charge in [0, 0.05) is 11.5 Å². The molecule has 88 valence electrons. The Kier molecular flexibility index (Phi) is 7.85. The lowest BCUT2D eigenvalue weighted by Gasteiger charge is -2.10. The molecule has 0 saturated heterocycles. The van der Waals surface area contributed by atoms with Gasteiger partial charge in [0.15, 0.2) is 0 Å². The molecule has 7 heteroatoms. The number of esters is 2. The highest BCUT2D eigenvalue weighted by Gasteiger charge is 2.20. The Morgan fingerprint density at radius 1 is 1.27 bits per heavy atom. The van der Waals surface area contributed by atoms with Crippen LogP contribution in [0.3, 0.4) is 0 Å². The summed E-state index contributed by atoms with van der Waals surface area (Å²) >= 11 is 0. The van der Waals surface area contributed by atoms with Gasteiger partial charge in [-0.25, -0.2) is 9.59 Å². The van der Waals surface area contributed by atoms with Crippen LogP contribution in [-0.2, 0) is 14.3 Å². The Hall–Kier alpha value is -0.240. The minimum absolute atomic E-state index is 0.420. The van der Waals surface area contributed by atoms with Crippen molar-refractivity contribution in [1.82, 2.24) is 0 Å². The highest BCUT2D eigenvalue weighted by Crippen LogP contribution is 2.20. The van der Waals surface area contributed by atoms with Gasteiger partial charge < -0.3 is 16.2 Å². The highest BCUT2D eigenvalue weighted by molar-refractivity contribution is 8.76. The lowest BCUT2D eigenvalue weighted by molar-refractivity contribution is -0.160.